The molecule has 6 heteroatoms. The van der Waals surface area contributed by atoms with Crippen molar-refractivity contribution in [2.75, 3.05) is 5.32 Å². The number of halogens is 1. The second-order valence-corrected chi connectivity index (χ2v) is 8.88. The highest BCUT2D eigenvalue weighted by molar-refractivity contribution is 5.97. The normalized spacial score (nSPS) is 14.4. The molecule has 0 atom stereocenters. The summed E-state index contributed by atoms with van der Waals surface area (Å²) in [6, 6.07) is 10.1. The first-order chi connectivity index (χ1) is 14.9. The van der Waals surface area contributed by atoms with Crippen LogP contribution < -0.4 is 5.32 Å². The van der Waals surface area contributed by atoms with Crippen molar-refractivity contribution in [1.29, 1.82) is 0 Å². The molecule has 3 heterocycles. The van der Waals surface area contributed by atoms with Crippen LogP contribution in [0.4, 0.5) is 10.1 Å². The SMILES string of the molecule is CCCn1ccc2c(-c3cc(F)c4c(c3C)-n3c(CC)nnc3C(C)(C)N4)cccc21. The summed E-state index contributed by atoms with van der Waals surface area (Å²) in [5.74, 6) is 1.40. The minimum atomic E-state index is -0.514. The molecule has 31 heavy (non-hydrogen) atoms. The highest BCUT2D eigenvalue weighted by Gasteiger charge is 2.37. The lowest BCUT2D eigenvalue weighted by Crippen LogP contribution is -2.37. The van der Waals surface area contributed by atoms with Crippen LogP contribution >= 0.6 is 0 Å². The van der Waals surface area contributed by atoms with Gasteiger partial charge < -0.3 is 9.88 Å². The molecular weight excluding hydrogens is 389 g/mol. The van der Waals surface area contributed by atoms with Gasteiger partial charge in [0, 0.05) is 30.1 Å². The van der Waals surface area contributed by atoms with Gasteiger partial charge >= 0.3 is 0 Å². The maximum Gasteiger partial charge on any atom is 0.162 e. The van der Waals surface area contributed by atoms with E-state index >= 15 is 4.39 Å². The van der Waals surface area contributed by atoms with Crippen LogP contribution in [0.25, 0.3) is 27.7 Å². The van der Waals surface area contributed by atoms with Crippen LogP contribution in [-0.2, 0) is 18.5 Å². The summed E-state index contributed by atoms with van der Waals surface area (Å²) >= 11 is 0. The van der Waals surface area contributed by atoms with Crippen molar-refractivity contribution in [3.8, 4) is 16.8 Å². The summed E-state index contributed by atoms with van der Waals surface area (Å²) in [6.45, 7) is 11.3. The number of aromatic nitrogens is 4. The topological polar surface area (TPSA) is 47.7 Å². The van der Waals surface area contributed by atoms with Crippen molar-refractivity contribution in [2.24, 2.45) is 0 Å². The second-order valence-electron chi connectivity index (χ2n) is 8.88. The Morgan fingerprint density at radius 3 is 2.65 bits per heavy atom. The Balaban J connectivity index is 1.80. The van der Waals surface area contributed by atoms with E-state index in [1.807, 2.05) is 13.8 Å². The average Bonchev–Trinajstić information content (AvgIpc) is 3.36. The van der Waals surface area contributed by atoms with Gasteiger partial charge in [0.25, 0.3) is 0 Å². The molecule has 1 aliphatic heterocycles. The van der Waals surface area contributed by atoms with Crippen LogP contribution in [0.2, 0.25) is 0 Å². The van der Waals surface area contributed by atoms with Crippen molar-refractivity contribution < 1.29 is 4.39 Å². The summed E-state index contributed by atoms with van der Waals surface area (Å²) < 4.78 is 19.9. The highest BCUT2D eigenvalue weighted by Crippen LogP contribution is 2.44. The summed E-state index contributed by atoms with van der Waals surface area (Å²) in [6.07, 6.45) is 3.92. The molecule has 0 saturated heterocycles. The van der Waals surface area contributed by atoms with E-state index < -0.39 is 5.54 Å². The Morgan fingerprint density at radius 1 is 1.10 bits per heavy atom. The molecule has 0 saturated carbocycles. The first kappa shape index (κ1) is 19.8. The van der Waals surface area contributed by atoms with Crippen molar-refractivity contribution in [2.45, 2.75) is 59.5 Å². The smallest absolute Gasteiger partial charge is 0.162 e. The van der Waals surface area contributed by atoms with Crippen molar-refractivity contribution in [1.82, 2.24) is 19.3 Å². The second kappa shape index (κ2) is 6.94. The lowest BCUT2D eigenvalue weighted by atomic mass is 9.92. The predicted molar refractivity (Wildman–Crippen MR) is 123 cm³/mol. The Labute approximate surface area is 181 Å². The van der Waals surface area contributed by atoms with Crippen LogP contribution in [0.15, 0.2) is 36.5 Å². The van der Waals surface area contributed by atoms with Crippen molar-refractivity contribution in [3.63, 3.8) is 0 Å². The molecule has 2 aromatic carbocycles. The van der Waals surface area contributed by atoms with Crippen LogP contribution in [0.3, 0.4) is 0 Å². The molecule has 1 aliphatic rings. The number of benzene rings is 2. The van der Waals surface area contributed by atoms with Crippen LogP contribution in [0.1, 0.15) is 51.3 Å². The van der Waals surface area contributed by atoms with Gasteiger partial charge in [-0.05, 0) is 62.1 Å². The Bertz CT molecular complexity index is 1310. The third-order valence-electron chi connectivity index (χ3n) is 6.34. The molecule has 160 valence electrons. The third kappa shape index (κ3) is 2.81. The molecule has 2 aromatic heterocycles. The number of aryl methyl sites for hydroxylation is 2. The van der Waals surface area contributed by atoms with Crippen LogP contribution in [0.5, 0.6) is 0 Å². The summed E-state index contributed by atoms with van der Waals surface area (Å²) in [5.41, 5.74) is 4.96. The summed E-state index contributed by atoms with van der Waals surface area (Å²) in [4.78, 5) is 0. The zero-order valence-corrected chi connectivity index (χ0v) is 18.8. The molecule has 0 fully saturated rings. The quantitative estimate of drug-likeness (QED) is 0.445. The number of anilines is 1. The van der Waals surface area contributed by atoms with Gasteiger partial charge in [-0.1, -0.05) is 26.0 Å². The predicted octanol–water partition coefficient (Wildman–Crippen LogP) is 5.97. The first-order valence-corrected chi connectivity index (χ1v) is 11.0. The molecule has 5 rings (SSSR count). The van der Waals surface area contributed by atoms with Gasteiger partial charge in [-0.2, -0.15) is 0 Å². The Kier molecular flexibility index (Phi) is 4.43. The van der Waals surface area contributed by atoms with Gasteiger partial charge in [-0.3, -0.25) is 4.57 Å². The summed E-state index contributed by atoms with van der Waals surface area (Å²) in [7, 11) is 0. The van der Waals surface area contributed by atoms with E-state index in [-0.39, 0.29) is 5.82 Å². The standard InChI is InChI=1S/C25H28FN5/c1-6-12-30-13-11-17-16(9-8-10-20(17)30)18-14-19(26)22-23(15(18)3)31-21(7-2)28-29-24(31)25(4,5)27-22/h8-11,13-14,27H,6-7,12H2,1-5H3. The Hall–Kier alpha value is -3.15. The summed E-state index contributed by atoms with van der Waals surface area (Å²) in [5, 5.41) is 13.4. The van der Waals surface area contributed by atoms with E-state index in [1.165, 1.54) is 5.52 Å². The van der Waals surface area contributed by atoms with E-state index in [0.29, 0.717) is 5.69 Å². The van der Waals surface area contributed by atoms with Gasteiger partial charge in [-0.15, -0.1) is 10.2 Å². The average molecular weight is 418 g/mol. The molecule has 0 radical (unpaired) electrons. The lowest BCUT2D eigenvalue weighted by Gasteiger charge is -2.35. The maximum atomic E-state index is 15.6. The molecule has 5 nitrogen and oxygen atoms in total. The number of fused-ring (bicyclic) bond motifs is 4. The maximum absolute atomic E-state index is 15.6. The number of hydrogen-bond acceptors (Lipinski definition) is 3. The monoisotopic (exact) mass is 417 g/mol. The largest absolute Gasteiger partial charge is 0.369 e. The number of rotatable bonds is 4. The molecule has 0 unspecified atom stereocenters. The fourth-order valence-electron chi connectivity index (χ4n) is 4.86. The molecular formula is C25H28FN5. The van der Waals surface area contributed by atoms with Gasteiger partial charge in [-0.25, -0.2) is 4.39 Å². The molecule has 4 aromatic rings. The van der Waals surface area contributed by atoms with Gasteiger partial charge in [0.15, 0.2) is 5.82 Å². The number of nitrogens with one attached hydrogen (secondary N) is 1. The van der Waals surface area contributed by atoms with Crippen LogP contribution in [-0.4, -0.2) is 19.3 Å². The molecule has 0 amide bonds. The Morgan fingerprint density at radius 2 is 1.90 bits per heavy atom. The third-order valence-corrected chi connectivity index (χ3v) is 6.34. The minimum absolute atomic E-state index is 0.255. The fourth-order valence-corrected chi connectivity index (χ4v) is 4.86. The van der Waals surface area contributed by atoms with Gasteiger partial charge in [0.05, 0.1) is 16.9 Å². The molecule has 0 spiro atoms. The molecule has 0 aliphatic carbocycles. The first-order valence-electron chi connectivity index (χ1n) is 11.0. The van der Waals surface area contributed by atoms with E-state index in [9.17, 15) is 0 Å². The highest BCUT2D eigenvalue weighted by atomic mass is 19.1. The van der Waals surface area contributed by atoms with Crippen molar-refractivity contribution >= 4 is 16.6 Å². The van der Waals surface area contributed by atoms with Gasteiger partial charge in [0.2, 0.25) is 0 Å². The lowest BCUT2D eigenvalue weighted by molar-refractivity contribution is 0.521. The van der Waals surface area contributed by atoms with E-state index in [0.717, 1.165) is 58.8 Å². The minimum Gasteiger partial charge on any atom is -0.369 e. The van der Waals surface area contributed by atoms with E-state index in [1.54, 1.807) is 6.07 Å². The van der Waals surface area contributed by atoms with Crippen LogP contribution in [0, 0.1) is 12.7 Å². The zero-order valence-electron chi connectivity index (χ0n) is 18.8. The molecule has 0 bridgehead atoms. The number of hydrogen-bond donors (Lipinski definition) is 1. The van der Waals surface area contributed by atoms with Gasteiger partial charge in [0.1, 0.15) is 11.6 Å². The van der Waals surface area contributed by atoms with Crippen molar-refractivity contribution in [3.05, 3.63) is 59.6 Å². The van der Waals surface area contributed by atoms with E-state index in [2.05, 4.69) is 75.9 Å². The zero-order chi connectivity index (χ0) is 21.9. The van der Waals surface area contributed by atoms with E-state index in [4.69, 9.17) is 0 Å². The number of nitrogens with zero attached hydrogens (tertiary/aromatic N) is 4. The fraction of sp³-hybridized carbons (Fsp3) is 0.360. The molecule has 1 N–H and O–H groups in total.